The molecule has 6 nitrogen and oxygen atoms in total. The molecule has 0 bridgehead atoms. The van der Waals surface area contributed by atoms with Gasteiger partial charge >= 0.3 is 16.1 Å². The van der Waals surface area contributed by atoms with Gasteiger partial charge in [-0.25, -0.2) is 4.79 Å². The van der Waals surface area contributed by atoms with E-state index in [9.17, 15) is 13.2 Å². The highest BCUT2D eigenvalue weighted by Gasteiger charge is 2.14. The molecule has 0 unspecified atom stereocenters. The average molecular weight is 596 g/mol. The molecular weight excluding hydrogens is 575 g/mol. The van der Waals surface area contributed by atoms with E-state index in [-0.39, 0.29) is 12.4 Å². The van der Waals surface area contributed by atoms with Crippen LogP contribution in [0.5, 0.6) is 11.5 Å². The summed E-state index contributed by atoms with van der Waals surface area (Å²) in [5, 5.41) is 8.78. The van der Waals surface area contributed by atoms with Crippen molar-refractivity contribution in [3.63, 3.8) is 0 Å². The number of thioether (sulfide) groups is 1. The van der Waals surface area contributed by atoms with Crippen LogP contribution < -0.4 is 8.92 Å². The van der Waals surface area contributed by atoms with Crippen molar-refractivity contribution >= 4 is 56.0 Å². The topological polar surface area (TPSA) is 89.9 Å². The van der Waals surface area contributed by atoms with Crippen LogP contribution in [0, 0.1) is 3.57 Å². The number of para-hydroxylation sites is 1. The lowest BCUT2D eigenvalue weighted by atomic mass is 9.97. The Kier molecular flexibility index (Phi) is 8.81. The summed E-state index contributed by atoms with van der Waals surface area (Å²) in [6.07, 6.45) is 3.06. The van der Waals surface area contributed by atoms with E-state index in [0.717, 1.165) is 25.9 Å². The predicted octanol–water partition coefficient (Wildman–Crippen LogP) is 5.32. The summed E-state index contributed by atoms with van der Waals surface area (Å²) in [5.41, 5.74) is 2.48. The Bertz CT molecular complexity index is 1260. The second-order valence-electron chi connectivity index (χ2n) is 6.85. The molecule has 172 valence electrons. The number of rotatable bonds is 10. The van der Waals surface area contributed by atoms with Crippen molar-refractivity contribution in [1.29, 1.82) is 0 Å². The second kappa shape index (κ2) is 11.6. The molecule has 9 heteroatoms. The van der Waals surface area contributed by atoms with Crippen molar-refractivity contribution < 1.29 is 27.2 Å². The summed E-state index contributed by atoms with van der Waals surface area (Å²) >= 11 is 3.71. The minimum absolute atomic E-state index is 0.273. The summed E-state index contributed by atoms with van der Waals surface area (Å²) in [6.45, 7) is -0.388. The third-order valence-electron chi connectivity index (χ3n) is 4.30. The number of benzene rings is 3. The Labute approximate surface area is 210 Å². The van der Waals surface area contributed by atoms with Crippen LogP contribution in [0.15, 0.2) is 83.8 Å². The minimum atomic E-state index is -3.68. The van der Waals surface area contributed by atoms with Gasteiger partial charge in [-0.15, -0.1) is 11.8 Å². The maximum absolute atomic E-state index is 11.8. The van der Waals surface area contributed by atoms with Crippen LogP contribution in [-0.2, 0) is 14.9 Å². The van der Waals surface area contributed by atoms with E-state index in [1.165, 1.54) is 0 Å². The van der Waals surface area contributed by atoms with Gasteiger partial charge in [0, 0.05) is 16.2 Å². The lowest BCUT2D eigenvalue weighted by Crippen LogP contribution is -2.10. The lowest BCUT2D eigenvalue weighted by molar-refractivity contribution is -0.139. The fourth-order valence-corrected chi connectivity index (χ4v) is 5.14. The van der Waals surface area contributed by atoms with E-state index in [1.54, 1.807) is 30.0 Å². The van der Waals surface area contributed by atoms with Gasteiger partial charge in [0.25, 0.3) is 0 Å². The third-order valence-corrected chi connectivity index (χ3v) is 6.54. The molecule has 3 aromatic rings. The van der Waals surface area contributed by atoms with Crippen LogP contribution >= 0.6 is 34.4 Å². The summed E-state index contributed by atoms with van der Waals surface area (Å²) in [4.78, 5) is 11.7. The number of carbonyl (C=O) groups is 1. The first-order chi connectivity index (χ1) is 15.7. The van der Waals surface area contributed by atoms with E-state index in [0.29, 0.717) is 17.1 Å². The highest BCUT2D eigenvalue weighted by atomic mass is 127. The van der Waals surface area contributed by atoms with Gasteiger partial charge in [-0.05, 0) is 58.0 Å². The van der Waals surface area contributed by atoms with Crippen molar-refractivity contribution in [1.82, 2.24) is 0 Å². The second-order valence-corrected chi connectivity index (χ2v) is 10.7. The maximum Gasteiger partial charge on any atom is 0.341 e. The van der Waals surface area contributed by atoms with Gasteiger partial charge in [-0.2, -0.15) is 8.42 Å². The molecule has 0 saturated carbocycles. The largest absolute Gasteiger partial charge is 0.481 e. The summed E-state index contributed by atoms with van der Waals surface area (Å²) < 4.78 is 34.9. The Balaban J connectivity index is 1.86. The van der Waals surface area contributed by atoms with Gasteiger partial charge < -0.3 is 14.0 Å². The zero-order chi connectivity index (χ0) is 23.8. The molecule has 1 N–H and O–H groups in total. The molecule has 3 rings (SSSR count). The fourth-order valence-electron chi connectivity index (χ4n) is 2.98. The Morgan fingerprint density at radius 1 is 1.03 bits per heavy atom. The molecule has 0 heterocycles. The highest BCUT2D eigenvalue weighted by Crippen LogP contribution is 2.33. The Morgan fingerprint density at radius 2 is 1.73 bits per heavy atom. The van der Waals surface area contributed by atoms with Gasteiger partial charge in [0.15, 0.2) is 6.61 Å². The molecule has 0 aliphatic heterocycles. The Morgan fingerprint density at radius 3 is 2.39 bits per heavy atom. The molecule has 0 saturated heterocycles. The van der Waals surface area contributed by atoms with Crippen molar-refractivity contribution in [3.8, 4) is 11.5 Å². The molecule has 0 aliphatic rings. The number of hydrogen-bond donors (Lipinski definition) is 1. The van der Waals surface area contributed by atoms with Crippen molar-refractivity contribution in [3.05, 3.63) is 93.6 Å². The average Bonchev–Trinajstić information content (AvgIpc) is 2.76. The van der Waals surface area contributed by atoms with Gasteiger partial charge in [0.05, 0.1) is 9.83 Å². The first kappa shape index (κ1) is 25.1. The number of carboxylic acid groups (broad SMARTS) is 1. The number of hydrogen-bond acceptors (Lipinski definition) is 6. The zero-order valence-corrected chi connectivity index (χ0v) is 21.4. The van der Waals surface area contributed by atoms with E-state index in [4.69, 9.17) is 14.0 Å². The molecule has 3 aromatic carbocycles. The molecule has 0 aromatic heterocycles. The van der Waals surface area contributed by atoms with Crippen LogP contribution in [0.25, 0.3) is 5.57 Å². The highest BCUT2D eigenvalue weighted by molar-refractivity contribution is 14.1. The van der Waals surface area contributed by atoms with E-state index in [1.807, 2.05) is 60.7 Å². The van der Waals surface area contributed by atoms with Crippen molar-refractivity contribution in [2.24, 2.45) is 0 Å². The minimum Gasteiger partial charge on any atom is -0.481 e. The smallest absolute Gasteiger partial charge is 0.341 e. The van der Waals surface area contributed by atoms with Crippen LogP contribution in [-0.4, -0.2) is 38.1 Å². The standard InChI is InChI=1S/C24H21IO6S2/c1-33(28,29)31-22-10-6-5-9-20(22)19(17-7-3-2-4-8-17)13-14-32-18-11-12-23(21(25)15-18)30-16-24(26)27/h2-13,15H,14,16H2,1H3,(H,26,27)/b19-13-. The van der Waals surface area contributed by atoms with E-state index < -0.39 is 16.1 Å². The Hall–Kier alpha value is -2.50. The molecular formula is C24H21IO6S2. The molecule has 33 heavy (non-hydrogen) atoms. The lowest BCUT2D eigenvalue weighted by Gasteiger charge is -2.14. The van der Waals surface area contributed by atoms with Gasteiger partial charge in [-0.1, -0.05) is 54.6 Å². The SMILES string of the molecule is CS(=O)(=O)Oc1ccccc1/C(=C\CSc1ccc(OCC(=O)O)c(I)c1)c1ccccc1. The molecule has 0 atom stereocenters. The number of halogens is 1. The fraction of sp³-hybridized carbons (Fsp3) is 0.125. The molecule has 0 radical (unpaired) electrons. The predicted molar refractivity (Wildman–Crippen MR) is 138 cm³/mol. The first-order valence-corrected chi connectivity index (χ1v) is 13.6. The van der Waals surface area contributed by atoms with Crippen LogP contribution in [0.3, 0.4) is 0 Å². The number of aliphatic carboxylic acids is 1. The molecule has 0 spiro atoms. The molecule has 0 fully saturated rings. The maximum atomic E-state index is 11.8. The monoisotopic (exact) mass is 596 g/mol. The van der Waals surface area contributed by atoms with Crippen LogP contribution in [0.1, 0.15) is 11.1 Å². The number of carboxylic acids is 1. The van der Waals surface area contributed by atoms with Gasteiger partial charge in [-0.3, -0.25) is 0 Å². The van der Waals surface area contributed by atoms with Crippen LogP contribution in [0.4, 0.5) is 0 Å². The van der Waals surface area contributed by atoms with Gasteiger partial charge in [0.1, 0.15) is 11.5 Å². The first-order valence-electron chi connectivity index (χ1n) is 9.74. The van der Waals surface area contributed by atoms with Crippen molar-refractivity contribution in [2.75, 3.05) is 18.6 Å². The van der Waals surface area contributed by atoms with E-state index >= 15 is 0 Å². The normalized spacial score (nSPS) is 11.8. The summed E-state index contributed by atoms with van der Waals surface area (Å²) in [6, 6.07) is 22.3. The van der Waals surface area contributed by atoms with Crippen LogP contribution in [0.2, 0.25) is 0 Å². The third kappa shape index (κ3) is 7.79. The van der Waals surface area contributed by atoms with Gasteiger partial charge in [0.2, 0.25) is 0 Å². The summed E-state index contributed by atoms with van der Waals surface area (Å²) in [5.74, 6) is 0.385. The zero-order valence-electron chi connectivity index (χ0n) is 17.6. The van der Waals surface area contributed by atoms with Crippen molar-refractivity contribution in [2.45, 2.75) is 4.90 Å². The quantitative estimate of drug-likeness (QED) is 0.193. The molecule has 0 amide bonds. The number of ether oxygens (including phenoxy) is 1. The summed E-state index contributed by atoms with van der Waals surface area (Å²) in [7, 11) is -3.68. The van der Waals surface area contributed by atoms with E-state index in [2.05, 4.69) is 22.6 Å². The molecule has 0 aliphatic carbocycles.